The van der Waals surface area contributed by atoms with Gasteiger partial charge in [-0.1, -0.05) is 55.2 Å². The van der Waals surface area contributed by atoms with Gasteiger partial charge in [0.1, 0.15) is 30.5 Å². The van der Waals surface area contributed by atoms with Gasteiger partial charge < -0.3 is 26.2 Å². The molecule has 0 aliphatic carbocycles. The van der Waals surface area contributed by atoms with E-state index in [1.165, 1.54) is 6.66 Å². The minimum absolute atomic E-state index is 0.0371. The number of aromatic nitrogens is 2. The second-order valence-electron chi connectivity index (χ2n) is 10.4. The maximum absolute atomic E-state index is 12.6. The van der Waals surface area contributed by atoms with Crippen molar-refractivity contribution in [2.75, 3.05) is 43.2 Å². The molecule has 0 bridgehead atoms. The second-order valence-corrected chi connectivity index (χ2v) is 14.0. The number of methoxy groups -OCH3 is 1. The fourth-order valence-corrected chi connectivity index (χ4v) is 5.67. The maximum Gasteiger partial charge on any atom is 0.416 e. The summed E-state index contributed by atoms with van der Waals surface area (Å²) in [5.74, 6) is -1.71. The van der Waals surface area contributed by atoms with Crippen LogP contribution in [0.15, 0.2) is 36.5 Å². The van der Waals surface area contributed by atoms with E-state index in [-0.39, 0.29) is 46.8 Å². The quantitative estimate of drug-likeness (QED) is 0.0520. The molecular weight excluding hydrogens is 755 g/mol. The number of nitrogens with two attached hydrogens (primary N) is 2. The molecular formula is C29H37Cl3F3N6O8P. The summed E-state index contributed by atoms with van der Waals surface area (Å²) in [4.78, 5) is 42.3. The van der Waals surface area contributed by atoms with Crippen molar-refractivity contribution in [2.45, 2.75) is 45.3 Å². The number of para-hydroxylation sites is 1. The highest BCUT2D eigenvalue weighted by Crippen LogP contribution is 2.39. The van der Waals surface area contributed by atoms with Crippen LogP contribution in [0, 0.1) is 10.1 Å². The smallest absolute Gasteiger partial charge is 0.416 e. The molecule has 0 spiro atoms. The van der Waals surface area contributed by atoms with Gasteiger partial charge in [0.15, 0.2) is 7.37 Å². The van der Waals surface area contributed by atoms with E-state index in [1.54, 1.807) is 12.0 Å². The number of halogens is 6. The van der Waals surface area contributed by atoms with Gasteiger partial charge in [-0.3, -0.25) is 29.2 Å². The van der Waals surface area contributed by atoms with Gasteiger partial charge in [0.25, 0.3) is 0 Å². The molecule has 3 aromatic rings. The third-order valence-electron chi connectivity index (χ3n) is 6.62. The average molecular weight is 792 g/mol. The summed E-state index contributed by atoms with van der Waals surface area (Å²) in [6, 6.07) is 6.34. The number of nitrogens with zero attached hydrogens (tertiary/aromatic N) is 4. The molecule has 0 saturated carbocycles. The molecule has 6 N–H and O–H groups in total. The number of nitro groups is 1. The summed E-state index contributed by atoms with van der Waals surface area (Å²) >= 11 is 17.2. The lowest BCUT2D eigenvalue weighted by molar-refractivity contribution is -0.383. The van der Waals surface area contributed by atoms with Crippen LogP contribution in [0.4, 0.5) is 30.4 Å². The molecule has 0 saturated heterocycles. The van der Waals surface area contributed by atoms with Crippen LogP contribution in [0.25, 0.3) is 5.69 Å². The van der Waals surface area contributed by atoms with Crippen molar-refractivity contribution in [1.29, 1.82) is 0 Å². The number of amides is 1. The van der Waals surface area contributed by atoms with Gasteiger partial charge in [0, 0.05) is 19.9 Å². The van der Waals surface area contributed by atoms with Crippen LogP contribution < -0.4 is 16.4 Å². The third-order valence-corrected chi connectivity index (χ3v) is 8.51. The van der Waals surface area contributed by atoms with Crippen molar-refractivity contribution in [3.05, 3.63) is 73.4 Å². The van der Waals surface area contributed by atoms with Gasteiger partial charge >= 0.3 is 17.8 Å². The van der Waals surface area contributed by atoms with Gasteiger partial charge in [-0.2, -0.15) is 18.3 Å². The first kappa shape index (κ1) is 44.6. The molecule has 2 unspecified atom stereocenters. The number of hydrogen-bond donors (Lipinski definition) is 4. The number of aryl methyl sites for hydroxylation is 2. The van der Waals surface area contributed by atoms with E-state index in [4.69, 9.17) is 61.0 Å². The molecule has 2 atom stereocenters. The van der Waals surface area contributed by atoms with Crippen molar-refractivity contribution in [1.82, 2.24) is 9.78 Å². The van der Waals surface area contributed by atoms with Crippen molar-refractivity contribution < 1.29 is 47.0 Å². The number of carbonyl (C=O) groups excluding carboxylic acids is 1. The lowest BCUT2D eigenvalue weighted by atomic mass is 10.0. The zero-order valence-corrected chi connectivity index (χ0v) is 30.4. The topological polar surface area (TPSA) is 217 Å². The van der Waals surface area contributed by atoms with Crippen LogP contribution in [0.1, 0.15) is 37.0 Å². The first-order valence-corrected chi connectivity index (χ1v) is 18.0. The zero-order chi connectivity index (χ0) is 38.6. The van der Waals surface area contributed by atoms with Gasteiger partial charge in [0.05, 0.1) is 26.2 Å². The number of rotatable bonds is 12. The average Bonchev–Trinajstić information content (AvgIpc) is 3.41. The predicted molar refractivity (Wildman–Crippen MR) is 186 cm³/mol. The summed E-state index contributed by atoms with van der Waals surface area (Å²) < 4.78 is 54.4. The highest BCUT2D eigenvalue weighted by molar-refractivity contribution is 7.57. The van der Waals surface area contributed by atoms with Crippen molar-refractivity contribution in [2.24, 2.45) is 5.73 Å². The Bertz CT molecular complexity index is 1640. The Kier molecular flexibility index (Phi) is 17.7. The van der Waals surface area contributed by atoms with E-state index >= 15 is 0 Å². The van der Waals surface area contributed by atoms with Crippen LogP contribution in [0.5, 0.6) is 0 Å². The number of hydrogen-bond acceptors (Lipinski definition) is 9. The lowest BCUT2D eigenvalue weighted by Crippen LogP contribution is -2.35. The standard InChI is InChI=1S/C14H20ClNO2.C10H5Cl2F3N4O2.C5H12NO4P/c1-4-11-7-6-8-12(5-2)14(11)16(10-18-3)13(17)9-15;11-5-1-4(10(13,14)15)2-6(12)8(5)18-9(16)7(3-17-18)19(20)21;1-11(9,10)3-2-4(6)5(7)8/h6-8H,4-5,9-10H2,1-3H3;1-3H,16H2;4H,2-3,6H2,1H3,(H,7,8)(H,9,10). The number of ether oxygens (including phenoxy) is 1. The number of benzene rings is 2. The van der Waals surface area contributed by atoms with Crippen LogP contribution in [-0.2, 0) is 37.9 Å². The number of anilines is 2. The molecule has 0 aliphatic heterocycles. The van der Waals surface area contributed by atoms with Gasteiger partial charge in [-0.15, -0.1) is 11.6 Å². The predicted octanol–water partition coefficient (Wildman–Crippen LogP) is 6.36. The van der Waals surface area contributed by atoms with Crippen molar-refractivity contribution >= 4 is 71.2 Å². The number of carboxylic acids is 1. The van der Waals surface area contributed by atoms with Gasteiger partial charge in [0.2, 0.25) is 11.7 Å². The van der Waals surface area contributed by atoms with E-state index in [1.807, 2.05) is 18.2 Å². The highest BCUT2D eigenvalue weighted by atomic mass is 35.5. The fraction of sp³-hybridized carbons (Fsp3) is 0.414. The number of aliphatic carboxylic acids is 1. The number of alkyl halides is 4. The van der Waals surface area contributed by atoms with E-state index < -0.39 is 47.5 Å². The molecule has 0 radical (unpaired) electrons. The van der Waals surface area contributed by atoms with E-state index in [9.17, 15) is 37.4 Å². The summed E-state index contributed by atoms with van der Waals surface area (Å²) in [5, 5.41) is 21.8. The molecule has 1 amide bonds. The molecule has 14 nitrogen and oxygen atoms in total. The molecule has 50 heavy (non-hydrogen) atoms. The largest absolute Gasteiger partial charge is 0.480 e. The third kappa shape index (κ3) is 13.0. The first-order chi connectivity index (χ1) is 23.1. The molecule has 1 heterocycles. The van der Waals surface area contributed by atoms with Crippen LogP contribution in [0.3, 0.4) is 0 Å². The monoisotopic (exact) mass is 790 g/mol. The Hall–Kier alpha value is -3.44. The zero-order valence-electron chi connectivity index (χ0n) is 27.3. The van der Waals surface area contributed by atoms with Crippen LogP contribution in [0.2, 0.25) is 10.0 Å². The molecule has 278 valence electrons. The Labute approximate surface area is 300 Å². The summed E-state index contributed by atoms with van der Waals surface area (Å²) in [6.45, 7) is 5.57. The van der Waals surface area contributed by atoms with Crippen molar-refractivity contribution in [3.63, 3.8) is 0 Å². The minimum Gasteiger partial charge on any atom is -0.480 e. The van der Waals surface area contributed by atoms with Crippen LogP contribution >= 0.6 is 42.2 Å². The highest BCUT2D eigenvalue weighted by Gasteiger charge is 2.33. The second kappa shape index (κ2) is 19.8. The van der Waals surface area contributed by atoms with Gasteiger partial charge in [-0.25, -0.2) is 4.68 Å². The minimum atomic E-state index is -4.63. The Balaban J connectivity index is 0.000000394. The Morgan fingerprint density at radius 2 is 1.70 bits per heavy atom. The number of carbonyl (C=O) groups is 2. The fourth-order valence-electron chi connectivity index (χ4n) is 4.13. The van der Waals surface area contributed by atoms with Crippen LogP contribution in [-0.4, -0.2) is 75.2 Å². The summed E-state index contributed by atoms with van der Waals surface area (Å²) in [7, 11) is -1.52. The van der Waals surface area contributed by atoms with E-state index in [0.29, 0.717) is 12.1 Å². The molecule has 0 fully saturated rings. The molecule has 21 heteroatoms. The molecule has 3 rings (SSSR count). The normalized spacial score (nSPS) is 12.8. The molecule has 2 aromatic carbocycles. The number of nitrogen functional groups attached to an aromatic ring is 1. The number of carboxylic acid groups (broad SMARTS) is 1. The SMILES string of the molecule is CCc1cccc(CC)c1N(COC)C(=O)CCl.CP(=O)(O)CCC(N)C(=O)O.Nc1c([N+](=O)[O-])cnn1-c1c(Cl)cc(C(F)(F)F)cc1Cl. The summed E-state index contributed by atoms with van der Waals surface area (Å²) in [5.41, 5.74) is 12.1. The maximum atomic E-state index is 12.6. The Morgan fingerprint density at radius 3 is 2.06 bits per heavy atom. The van der Waals surface area contributed by atoms with E-state index in [2.05, 4.69) is 18.9 Å². The molecule has 1 aromatic heterocycles. The first-order valence-electron chi connectivity index (χ1n) is 14.4. The van der Waals surface area contributed by atoms with Crippen molar-refractivity contribution in [3.8, 4) is 5.69 Å². The van der Waals surface area contributed by atoms with E-state index in [0.717, 1.165) is 40.5 Å². The van der Waals surface area contributed by atoms with Gasteiger partial charge in [-0.05, 0) is 42.5 Å². The Morgan fingerprint density at radius 1 is 1.18 bits per heavy atom. The lowest BCUT2D eigenvalue weighted by Gasteiger charge is -2.26. The summed E-state index contributed by atoms with van der Waals surface area (Å²) in [6.07, 6.45) is -2.04. The molecule has 0 aliphatic rings.